The number of rotatable bonds is 10. The molecule has 218 valence electrons. The van der Waals surface area contributed by atoms with Crippen molar-refractivity contribution >= 4 is 29.2 Å². The number of likely N-dealkylation sites (tertiary alicyclic amines) is 1. The van der Waals surface area contributed by atoms with Crippen LogP contribution in [0.5, 0.6) is 0 Å². The lowest BCUT2D eigenvalue weighted by Crippen LogP contribution is -2.47. The maximum Gasteiger partial charge on any atom is 0.246 e. The number of aromatic nitrogens is 4. The molecule has 0 spiro atoms. The minimum Gasteiger partial charge on any atom is -0.381 e. The fraction of sp³-hybridized carbons (Fsp3) is 0.500. The zero-order chi connectivity index (χ0) is 28.9. The molecule has 0 aliphatic carbocycles. The molecule has 0 bridgehead atoms. The predicted octanol–water partition coefficient (Wildman–Crippen LogP) is 4.27. The van der Waals surface area contributed by atoms with E-state index >= 15 is 0 Å². The van der Waals surface area contributed by atoms with E-state index in [9.17, 15) is 14.0 Å². The van der Waals surface area contributed by atoms with E-state index in [1.165, 1.54) is 18.2 Å². The number of benzene rings is 1. The summed E-state index contributed by atoms with van der Waals surface area (Å²) in [6.45, 7) is 9.94. The quantitative estimate of drug-likeness (QED) is 0.352. The average molecular weight is 564 g/mol. The normalized spacial score (nSPS) is 18.0. The Hall–Kier alpha value is -3.86. The van der Waals surface area contributed by atoms with Gasteiger partial charge in [-0.1, -0.05) is 26.5 Å². The number of anilines is 2. The second-order valence-corrected chi connectivity index (χ2v) is 11.1. The van der Waals surface area contributed by atoms with Gasteiger partial charge in [-0.25, -0.2) is 4.39 Å². The van der Waals surface area contributed by atoms with Crippen molar-refractivity contribution < 1.29 is 18.7 Å². The largest absolute Gasteiger partial charge is 0.381 e. The summed E-state index contributed by atoms with van der Waals surface area (Å²) in [7, 11) is 0. The van der Waals surface area contributed by atoms with Gasteiger partial charge in [0, 0.05) is 44.3 Å². The van der Waals surface area contributed by atoms with Gasteiger partial charge in [0.2, 0.25) is 17.8 Å². The molecule has 2 aliphatic heterocycles. The Morgan fingerprint density at radius 1 is 1.15 bits per heavy atom. The van der Waals surface area contributed by atoms with Gasteiger partial charge in [0.1, 0.15) is 5.82 Å². The molecule has 1 atom stereocenters. The van der Waals surface area contributed by atoms with Crippen molar-refractivity contribution in [3.63, 3.8) is 0 Å². The molecule has 10 nitrogen and oxygen atoms in total. The molecule has 0 saturated carbocycles. The molecular formula is C30H38FN7O3. The molecule has 2 aliphatic rings. The van der Waals surface area contributed by atoms with E-state index in [0.29, 0.717) is 54.9 Å². The van der Waals surface area contributed by atoms with E-state index in [-0.39, 0.29) is 36.6 Å². The molecule has 5 rings (SSSR count). The SMILES string of the molecule is C=CC(=O)N1CCCCC1C(=O)Cc1cc(F)cc(CNc2nc(NC3CCOCC3)nc3c(C(C)C)cnn23)c1. The second kappa shape index (κ2) is 12.8. The molecule has 4 heterocycles. The number of nitrogens with zero attached hydrogens (tertiary/aromatic N) is 5. The van der Waals surface area contributed by atoms with Crippen LogP contribution in [0.25, 0.3) is 5.65 Å². The number of halogens is 1. The average Bonchev–Trinajstić information content (AvgIpc) is 3.40. The first-order chi connectivity index (χ1) is 19.8. The van der Waals surface area contributed by atoms with Crippen LogP contribution in [-0.4, -0.2) is 68.0 Å². The number of amides is 1. The van der Waals surface area contributed by atoms with E-state index < -0.39 is 11.9 Å². The van der Waals surface area contributed by atoms with Gasteiger partial charge in [0.05, 0.1) is 12.2 Å². The van der Waals surface area contributed by atoms with Crippen LogP contribution in [0, 0.1) is 5.82 Å². The van der Waals surface area contributed by atoms with E-state index in [1.807, 2.05) is 6.07 Å². The van der Waals surface area contributed by atoms with Crippen LogP contribution >= 0.6 is 0 Å². The Labute approximate surface area is 239 Å². The zero-order valence-electron chi connectivity index (χ0n) is 23.7. The number of ketones is 1. The van der Waals surface area contributed by atoms with Gasteiger partial charge >= 0.3 is 0 Å². The minimum absolute atomic E-state index is 0.0458. The number of hydrogen-bond donors (Lipinski definition) is 2. The molecule has 2 aromatic heterocycles. The summed E-state index contributed by atoms with van der Waals surface area (Å²) in [6.07, 6.45) is 7.18. The Morgan fingerprint density at radius 3 is 2.68 bits per heavy atom. The van der Waals surface area contributed by atoms with Gasteiger partial charge in [0.15, 0.2) is 11.4 Å². The van der Waals surface area contributed by atoms with Gasteiger partial charge in [0.25, 0.3) is 0 Å². The fourth-order valence-electron chi connectivity index (χ4n) is 5.57. The number of ether oxygens (including phenoxy) is 1. The summed E-state index contributed by atoms with van der Waals surface area (Å²) in [5.74, 6) is 0.448. The number of carbonyl (C=O) groups is 2. The Kier molecular flexibility index (Phi) is 8.92. The smallest absolute Gasteiger partial charge is 0.246 e. The zero-order valence-corrected chi connectivity index (χ0v) is 23.7. The highest BCUT2D eigenvalue weighted by Gasteiger charge is 2.30. The molecule has 2 fully saturated rings. The van der Waals surface area contributed by atoms with Crippen LogP contribution in [0.2, 0.25) is 0 Å². The van der Waals surface area contributed by atoms with Crippen molar-refractivity contribution in [2.24, 2.45) is 0 Å². The van der Waals surface area contributed by atoms with Crippen LogP contribution in [0.1, 0.15) is 68.6 Å². The molecule has 1 unspecified atom stereocenters. The molecule has 1 amide bonds. The maximum atomic E-state index is 14.7. The molecule has 3 aromatic rings. The first-order valence-electron chi connectivity index (χ1n) is 14.4. The molecule has 1 aromatic carbocycles. The van der Waals surface area contributed by atoms with Crippen molar-refractivity contribution in [3.05, 3.63) is 59.6 Å². The maximum absolute atomic E-state index is 14.7. The van der Waals surface area contributed by atoms with Crippen molar-refractivity contribution in [2.45, 2.75) is 76.9 Å². The van der Waals surface area contributed by atoms with Gasteiger partial charge in [-0.2, -0.15) is 19.6 Å². The Balaban J connectivity index is 1.34. The molecular weight excluding hydrogens is 525 g/mol. The molecule has 41 heavy (non-hydrogen) atoms. The molecule has 0 radical (unpaired) electrons. The molecule has 2 N–H and O–H groups in total. The summed E-state index contributed by atoms with van der Waals surface area (Å²) in [4.78, 5) is 36.5. The standard InChI is InChI=1S/C30H38FN7O3/c1-4-27(40)37-10-6-5-7-25(37)26(39)16-20-13-21(15-22(31)14-20)17-32-30-36-29(34-23-8-11-41-12-9-23)35-28-24(19(2)3)18-33-38(28)30/h4,13-15,18-19,23,25H,1,5-12,16-17H2,2-3H3,(H2,32,34,35,36). The number of fused-ring (bicyclic) bond motifs is 1. The van der Waals surface area contributed by atoms with Crippen molar-refractivity contribution in [1.82, 2.24) is 24.5 Å². The number of carbonyl (C=O) groups excluding carboxylic acids is 2. The topological polar surface area (TPSA) is 114 Å². The van der Waals surface area contributed by atoms with Crippen molar-refractivity contribution in [1.29, 1.82) is 0 Å². The van der Waals surface area contributed by atoms with Crippen LogP contribution in [0.15, 0.2) is 37.1 Å². The van der Waals surface area contributed by atoms with E-state index in [0.717, 1.165) is 31.2 Å². The Morgan fingerprint density at radius 2 is 1.93 bits per heavy atom. The number of hydrogen-bond acceptors (Lipinski definition) is 8. The van der Waals surface area contributed by atoms with Crippen molar-refractivity contribution in [3.8, 4) is 0 Å². The summed E-state index contributed by atoms with van der Waals surface area (Å²) < 4.78 is 21.8. The highest BCUT2D eigenvalue weighted by atomic mass is 19.1. The fourth-order valence-corrected chi connectivity index (χ4v) is 5.57. The van der Waals surface area contributed by atoms with Crippen molar-refractivity contribution in [2.75, 3.05) is 30.4 Å². The minimum atomic E-state index is -0.509. The van der Waals surface area contributed by atoms with Crippen LogP contribution in [0.4, 0.5) is 16.3 Å². The summed E-state index contributed by atoms with van der Waals surface area (Å²) in [6, 6.07) is 4.35. The van der Waals surface area contributed by atoms with E-state index in [4.69, 9.17) is 14.7 Å². The molecule has 2 saturated heterocycles. The van der Waals surface area contributed by atoms with Crippen LogP contribution < -0.4 is 10.6 Å². The lowest BCUT2D eigenvalue weighted by atomic mass is 9.94. The first-order valence-corrected chi connectivity index (χ1v) is 14.4. The predicted molar refractivity (Wildman–Crippen MR) is 154 cm³/mol. The Bertz CT molecular complexity index is 1420. The lowest BCUT2D eigenvalue weighted by Gasteiger charge is -2.34. The van der Waals surface area contributed by atoms with Gasteiger partial charge in [-0.3, -0.25) is 9.59 Å². The number of nitrogens with one attached hydrogen (secondary N) is 2. The first kappa shape index (κ1) is 28.7. The van der Waals surface area contributed by atoms with Gasteiger partial charge in [-0.05, 0) is 67.4 Å². The highest BCUT2D eigenvalue weighted by Crippen LogP contribution is 2.24. The third-order valence-corrected chi connectivity index (χ3v) is 7.75. The third-order valence-electron chi connectivity index (χ3n) is 7.75. The lowest BCUT2D eigenvalue weighted by molar-refractivity contribution is -0.137. The second-order valence-electron chi connectivity index (χ2n) is 11.1. The number of piperidine rings is 1. The summed E-state index contributed by atoms with van der Waals surface area (Å²) in [5.41, 5.74) is 2.95. The van der Waals surface area contributed by atoms with E-state index in [2.05, 4.69) is 36.2 Å². The monoisotopic (exact) mass is 563 g/mol. The third kappa shape index (κ3) is 6.73. The van der Waals surface area contributed by atoms with Crippen LogP contribution in [0.3, 0.4) is 0 Å². The van der Waals surface area contributed by atoms with Crippen LogP contribution in [-0.2, 0) is 27.3 Å². The summed E-state index contributed by atoms with van der Waals surface area (Å²) in [5, 5.41) is 11.3. The number of Topliss-reactive ketones (excluding diaryl/α,β-unsaturated/α-hetero) is 1. The van der Waals surface area contributed by atoms with Gasteiger partial charge < -0.3 is 20.3 Å². The highest BCUT2D eigenvalue weighted by molar-refractivity contribution is 5.94. The summed E-state index contributed by atoms with van der Waals surface area (Å²) >= 11 is 0. The van der Waals surface area contributed by atoms with Gasteiger partial charge in [-0.15, -0.1) is 0 Å². The molecule has 11 heteroatoms. The van der Waals surface area contributed by atoms with E-state index in [1.54, 1.807) is 15.6 Å².